The molecule has 0 radical (unpaired) electrons. The van der Waals surface area contributed by atoms with Gasteiger partial charge in [0.1, 0.15) is 0 Å². The third-order valence-corrected chi connectivity index (χ3v) is 3.49. The molecule has 1 aliphatic carbocycles. The molecule has 0 aromatic heterocycles. The Morgan fingerprint density at radius 1 is 0.800 bits per heavy atom. The summed E-state index contributed by atoms with van der Waals surface area (Å²) >= 11 is 5.35. The third-order valence-electron chi connectivity index (χ3n) is 3.20. The molecule has 0 bridgehead atoms. The van der Waals surface area contributed by atoms with Gasteiger partial charge in [-0.05, 0) is 36.4 Å². The van der Waals surface area contributed by atoms with Crippen LogP contribution in [0.25, 0.3) is 0 Å². The van der Waals surface area contributed by atoms with Crippen LogP contribution in [0.4, 0.5) is 11.4 Å². The second-order valence-corrected chi connectivity index (χ2v) is 5.17. The van der Waals surface area contributed by atoms with E-state index in [0.29, 0.717) is 0 Å². The molecule has 98 valence electrons. The van der Waals surface area contributed by atoms with Gasteiger partial charge in [-0.2, -0.15) is 0 Å². The predicted molar refractivity (Wildman–Crippen MR) is 89.5 cm³/mol. The number of hydrogen-bond donors (Lipinski definition) is 0. The Morgan fingerprint density at radius 2 is 1.35 bits per heavy atom. The molecule has 2 heteroatoms. The van der Waals surface area contributed by atoms with E-state index in [1.54, 1.807) is 0 Å². The summed E-state index contributed by atoms with van der Waals surface area (Å²) in [5.41, 5.74) is 3.39. The Bertz CT molecular complexity index is 617. The van der Waals surface area contributed by atoms with Crippen LogP contribution in [-0.2, 0) is 0 Å². The van der Waals surface area contributed by atoms with Crippen molar-refractivity contribution >= 4 is 28.5 Å². The van der Waals surface area contributed by atoms with Crippen LogP contribution in [0.3, 0.4) is 0 Å². The minimum absolute atomic E-state index is 0.857. The van der Waals surface area contributed by atoms with Crippen molar-refractivity contribution in [1.29, 1.82) is 0 Å². The van der Waals surface area contributed by atoms with E-state index in [2.05, 4.69) is 71.7 Å². The first-order valence-electron chi connectivity index (χ1n) is 6.66. The molecule has 1 aliphatic rings. The molecular formula is C18H15NS. The summed E-state index contributed by atoms with van der Waals surface area (Å²) in [6.45, 7) is 0. The van der Waals surface area contributed by atoms with Gasteiger partial charge in [0.15, 0.2) is 0 Å². The lowest BCUT2D eigenvalue weighted by Crippen LogP contribution is -2.17. The highest BCUT2D eigenvalue weighted by Crippen LogP contribution is 2.31. The van der Waals surface area contributed by atoms with E-state index in [4.69, 9.17) is 12.2 Å². The fourth-order valence-corrected chi connectivity index (χ4v) is 2.53. The first kappa shape index (κ1) is 12.8. The topological polar surface area (TPSA) is 3.24 Å². The van der Waals surface area contributed by atoms with Gasteiger partial charge in [0.2, 0.25) is 0 Å². The molecule has 2 aromatic carbocycles. The van der Waals surface area contributed by atoms with Gasteiger partial charge in [-0.15, -0.1) is 0 Å². The summed E-state index contributed by atoms with van der Waals surface area (Å²) in [7, 11) is 0. The lowest BCUT2D eigenvalue weighted by atomic mass is 10.1. The summed E-state index contributed by atoms with van der Waals surface area (Å²) in [4.78, 5) is 3.20. The second-order valence-electron chi connectivity index (χ2n) is 4.65. The normalized spacial score (nSPS) is 14.0. The van der Waals surface area contributed by atoms with Crippen molar-refractivity contribution in [3.05, 3.63) is 84.6 Å². The van der Waals surface area contributed by atoms with Crippen LogP contribution >= 0.6 is 12.2 Å². The molecule has 0 amide bonds. The lowest BCUT2D eigenvalue weighted by Gasteiger charge is -2.27. The Hall–Kier alpha value is -2.19. The van der Waals surface area contributed by atoms with Crippen LogP contribution in [0.1, 0.15) is 6.42 Å². The first-order valence-corrected chi connectivity index (χ1v) is 7.07. The molecule has 3 rings (SSSR count). The molecule has 0 fully saturated rings. The number of hydrogen-bond acceptors (Lipinski definition) is 2. The van der Waals surface area contributed by atoms with Crippen molar-refractivity contribution in [3.8, 4) is 0 Å². The van der Waals surface area contributed by atoms with E-state index in [9.17, 15) is 0 Å². The average molecular weight is 277 g/mol. The predicted octanol–water partition coefficient (Wildman–Crippen LogP) is 5.04. The highest BCUT2D eigenvalue weighted by molar-refractivity contribution is 7.80. The number of allylic oxidation sites excluding steroid dienone is 3. The molecule has 0 saturated heterocycles. The maximum absolute atomic E-state index is 5.35. The Balaban J connectivity index is 2.09. The lowest BCUT2D eigenvalue weighted by molar-refractivity contribution is 1.20. The minimum atomic E-state index is 0.857. The van der Waals surface area contributed by atoms with Gasteiger partial charge in [0, 0.05) is 28.4 Å². The van der Waals surface area contributed by atoms with Gasteiger partial charge in [0.05, 0.1) is 0 Å². The van der Waals surface area contributed by atoms with E-state index in [1.165, 1.54) is 0 Å². The van der Waals surface area contributed by atoms with Gasteiger partial charge in [-0.3, -0.25) is 0 Å². The van der Waals surface area contributed by atoms with Crippen LogP contribution < -0.4 is 4.90 Å². The number of anilines is 2. The standard InChI is InChI=1S/C18H15NS/c20-18-13-7-12-17(14-18)19(15-8-3-1-4-9-15)16-10-5-2-6-11-16/h1-12,14H,13H2. The van der Waals surface area contributed by atoms with Gasteiger partial charge in [-0.25, -0.2) is 0 Å². The second kappa shape index (κ2) is 5.85. The number of benzene rings is 2. The monoisotopic (exact) mass is 277 g/mol. The van der Waals surface area contributed by atoms with Crippen molar-refractivity contribution in [1.82, 2.24) is 0 Å². The summed E-state index contributed by atoms with van der Waals surface area (Å²) in [5.74, 6) is 0. The Labute approximate surface area is 124 Å². The van der Waals surface area contributed by atoms with Crippen molar-refractivity contribution in [2.45, 2.75) is 6.42 Å². The molecule has 2 aromatic rings. The smallest absolute Gasteiger partial charge is 0.0469 e. The molecule has 0 saturated carbocycles. The van der Waals surface area contributed by atoms with Crippen LogP contribution in [0.5, 0.6) is 0 Å². The van der Waals surface area contributed by atoms with E-state index in [-0.39, 0.29) is 0 Å². The van der Waals surface area contributed by atoms with Crippen molar-refractivity contribution in [2.24, 2.45) is 0 Å². The highest BCUT2D eigenvalue weighted by atomic mass is 32.1. The fourth-order valence-electron chi connectivity index (χ4n) is 2.31. The van der Waals surface area contributed by atoms with Gasteiger partial charge >= 0.3 is 0 Å². The van der Waals surface area contributed by atoms with Crippen LogP contribution in [0.15, 0.2) is 84.6 Å². The zero-order valence-electron chi connectivity index (χ0n) is 11.1. The van der Waals surface area contributed by atoms with E-state index in [1.807, 2.05) is 12.1 Å². The van der Waals surface area contributed by atoms with Crippen molar-refractivity contribution in [3.63, 3.8) is 0 Å². The number of para-hydroxylation sites is 2. The van der Waals surface area contributed by atoms with E-state index >= 15 is 0 Å². The maximum Gasteiger partial charge on any atom is 0.0469 e. The van der Waals surface area contributed by atoms with Crippen molar-refractivity contribution < 1.29 is 0 Å². The Kier molecular flexibility index (Phi) is 3.75. The molecule has 0 spiro atoms. The van der Waals surface area contributed by atoms with Gasteiger partial charge in [-0.1, -0.05) is 54.7 Å². The molecule has 20 heavy (non-hydrogen) atoms. The number of nitrogens with zero attached hydrogens (tertiary/aromatic N) is 1. The zero-order valence-corrected chi connectivity index (χ0v) is 11.9. The number of thiocarbonyl (C=S) groups is 1. The van der Waals surface area contributed by atoms with Crippen molar-refractivity contribution in [2.75, 3.05) is 4.90 Å². The Morgan fingerprint density at radius 3 is 1.85 bits per heavy atom. The van der Waals surface area contributed by atoms with Crippen LogP contribution in [0.2, 0.25) is 0 Å². The molecule has 1 nitrogen and oxygen atoms in total. The third kappa shape index (κ3) is 2.70. The summed E-state index contributed by atoms with van der Waals surface area (Å²) in [6, 6.07) is 20.7. The molecule has 0 aliphatic heterocycles. The van der Waals surface area contributed by atoms with E-state index < -0.39 is 0 Å². The molecule has 0 unspecified atom stereocenters. The molecule has 0 atom stereocenters. The van der Waals surface area contributed by atoms with Gasteiger partial charge < -0.3 is 4.90 Å². The zero-order chi connectivity index (χ0) is 13.8. The molecular weight excluding hydrogens is 262 g/mol. The quantitative estimate of drug-likeness (QED) is 0.723. The summed E-state index contributed by atoms with van der Waals surface area (Å²) in [5, 5.41) is 0. The summed E-state index contributed by atoms with van der Waals surface area (Å²) in [6.07, 6.45) is 7.19. The van der Waals surface area contributed by atoms with Gasteiger partial charge in [0.25, 0.3) is 0 Å². The SMILES string of the molecule is S=C1C=C(N(c2ccccc2)c2ccccc2)C=CC1. The number of rotatable bonds is 3. The fraction of sp³-hybridized carbons (Fsp3) is 0.0556. The largest absolute Gasteiger partial charge is 0.310 e. The first-order chi connectivity index (χ1) is 9.84. The highest BCUT2D eigenvalue weighted by Gasteiger charge is 2.14. The maximum atomic E-state index is 5.35. The minimum Gasteiger partial charge on any atom is -0.310 e. The van der Waals surface area contributed by atoms with Crippen LogP contribution in [-0.4, -0.2) is 4.86 Å². The molecule has 0 N–H and O–H groups in total. The van der Waals surface area contributed by atoms with Crippen LogP contribution in [0, 0.1) is 0 Å². The molecule has 0 heterocycles. The average Bonchev–Trinajstić information content (AvgIpc) is 2.50. The van der Waals surface area contributed by atoms with E-state index in [0.717, 1.165) is 28.4 Å². The summed E-state index contributed by atoms with van der Waals surface area (Å²) < 4.78 is 0.